The van der Waals surface area contributed by atoms with Crippen molar-refractivity contribution in [1.29, 1.82) is 0 Å². The summed E-state index contributed by atoms with van der Waals surface area (Å²) in [5, 5.41) is 2.22. The molecule has 4 nitrogen and oxygen atoms in total. The Labute approximate surface area is 230 Å². The van der Waals surface area contributed by atoms with Crippen LogP contribution in [0.5, 0.6) is 11.5 Å². The molecule has 3 heterocycles. The zero-order valence-electron chi connectivity index (χ0n) is 20.6. The number of aromatic nitrogens is 3. The Morgan fingerprint density at radius 3 is 2.54 bits per heavy atom. The molecule has 0 aliphatic carbocycles. The molecule has 2 aromatic heterocycles. The number of hydrogen-bond acceptors (Lipinski definition) is 2. The Balaban J connectivity index is 0.000000183. The smallest absolute Gasteiger partial charge is 0.513 e. The summed E-state index contributed by atoms with van der Waals surface area (Å²) in [5.74, 6) is 2.26. The Morgan fingerprint density at radius 2 is 1.76 bits per heavy atom. The van der Waals surface area contributed by atoms with Crippen molar-refractivity contribution in [3.8, 4) is 28.4 Å². The van der Waals surface area contributed by atoms with Gasteiger partial charge in [-0.25, -0.2) is 0 Å². The number of rotatable bonds is 3. The predicted octanol–water partition coefficient (Wildman–Crippen LogP) is 6.98. The minimum absolute atomic E-state index is 0. The number of hydrogen-bond donors (Lipinski definition) is 0. The van der Waals surface area contributed by atoms with Gasteiger partial charge in [0.05, 0.1) is 17.6 Å². The second kappa shape index (κ2) is 10.7. The molecule has 4 aromatic carbocycles. The van der Waals surface area contributed by atoms with Gasteiger partial charge in [0.1, 0.15) is 5.75 Å². The molecule has 182 valence electrons. The third-order valence-corrected chi connectivity index (χ3v) is 6.09. The molecule has 0 bridgehead atoms. The van der Waals surface area contributed by atoms with Gasteiger partial charge in [0.2, 0.25) is 6.33 Å². The summed E-state index contributed by atoms with van der Waals surface area (Å²) >= 11 is 0. The van der Waals surface area contributed by atoms with Crippen molar-refractivity contribution in [2.24, 2.45) is 5.92 Å². The van der Waals surface area contributed by atoms with Crippen molar-refractivity contribution < 1.29 is 29.4 Å². The third kappa shape index (κ3) is 4.93. The minimum Gasteiger partial charge on any atom is -0.513 e. The van der Waals surface area contributed by atoms with Crippen LogP contribution < -0.4 is 9.30 Å². The van der Waals surface area contributed by atoms with Crippen molar-refractivity contribution in [3.05, 3.63) is 116 Å². The first kappa shape index (κ1) is 24.9. The Hall–Kier alpha value is -3.79. The number of benzene rings is 4. The molecule has 0 saturated carbocycles. The van der Waals surface area contributed by atoms with E-state index in [1.54, 1.807) is 6.20 Å². The third-order valence-electron chi connectivity index (χ3n) is 6.09. The van der Waals surface area contributed by atoms with E-state index < -0.39 is 0 Å². The van der Waals surface area contributed by atoms with Crippen molar-refractivity contribution in [1.82, 2.24) is 9.55 Å². The summed E-state index contributed by atoms with van der Waals surface area (Å²) in [6, 6.07) is 36.8. The second-order valence-corrected chi connectivity index (χ2v) is 9.23. The molecule has 1 aliphatic heterocycles. The van der Waals surface area contributed by atoms with Gasteiger partial charge in [0, 0.05) is 17.6 Å². The van der Waals surface area contributed by atoms with E-state index in [4.69, 9.17) is 4.74 Å². The molecule has 0 radical (unpaired) electrons. The summed E-state index contributed by atoms with van der Waals surface area (Å²) in [5.41, 5.74) is 5.15. The SMILES string of the molecule is CC(C)Cn1[c-][n+]2c3c(cccc31)Oc1cc3ccccc3[c-]c1-2.[Ir+3].[c-]1ccccc1-c1ccccn1. The van der Waals surface area contributed by atoms with Crippen LogP contribution in [0.1, 0.15) is 13.8 Å². The van der Waals surface area contributed by atoms with Gasteiger partial charge in [0.25, 0.3) is 0 Å². The van der Waals surface area contributed by atoms with Gasteiger partial charge in [-0.3, -0.25) is 0 Å². The number of pyridine rings is 1. The van der Waals surface area contributed by atoms with Crippen molar-refractivity contribution in [2.75, 3.05) is 0 Å². The molecule has 5 heteroatoms. The van der Waals surface area contributed by atoms with Gasteiger partial charge in [-0.05, 0) is 23.7 Å². The minimum atomic E-state index is 0. The summed E-state index contributed by atoms with van der Waals surface area (Å²) in [6.45, 7) is 5.37. The fourth-order valence-corrected chi connectivity index (χ4v) is 4.50. The number of para-hydroxylation sites is 1. The van der Waals surface area contributed by atoms with Gasteiger partial charge < -0.3 is 18.9 Å². The van der Waals surface area contributed by atoms with Gasteiger partial charge in [-0.1, -0.05) is 50.2 Å². The maximum atomic E-state index is 6.19. The molecule has 0 saturated heterocycles. The molecule has 0 N–H and O–H groups in total. The van der Waals surface area contributed by atoms with Crippen molar-refractivity contribution >= 4 is 21.8 Å². The molecule has 0 spiro atoms. The molecule has 0 unspecified atom stereocenters. The zero-order chi connectivity index (χ0) is 24.5. The van der Waals surface area contributed by atoms with Crippen LogP contribution in [0.25, 0.3) is 38.8 Å². The molecule has 1 aliphatic rings. The number of ether oxygens (including phenoxy) is 1. The van der Waals surface area contributed by atoms with Crippen LogP contribution in [0.2, 0.25) is 0 Å². The van der Waals surface area contributed by atoms with E-state index in [1.807, 2.05) is 66.7 Å². The maximum absolute atomic E-state index is 6.19. The van der Waals surface area contributed by atoms with Gasteiger partial charge in [-0.2, -0.15) is 0 Å². The molecule has 7 rings (SSSR count). The summed E-state index contributed by atoms with van der Waals surface area (Å²) in [7, 11) is 0. The predicted molar refractivity (Wildman–Crippen MR) is 142 cm³/mol. The molecule has 6 aromatic rings. The molecule has 37 heavy (non-hydrogen) atoms. The Morgan fingerprint density at radius 1 is 0.919 bits per heavy atom. The Kier molecular flexibility index (Phi) is 7.18. The van der Waals surface area contributed by atoms with Crippen LogP contribution in [0.4, 0.5) is 0 Å². The first-order valence-electron chi connectivity index (χ1n) is 12.2. The number of fused-ring (bicyclic) bond motifs is 3. The van der Waals surface area contributed by atoms with E-state index in [0.29, 0.717) is 5.92 Å². The summed E-state index contributed by atoms with van der Waals surface area (Å²) in [6.07, 6.45) is 5.29. The standard InChI is InChI=1S/C21H17N2O.C11H8N.Ir/c1-14(2)12-22-13-23-18-10-15-6-3-4-7-16(15)11-20(18)24-19-9-5-8-17(22)21(19)23;1-2-6-10(7-3-1)11-8-4-5-9-12-11;/h3-9,11,14H,12H2,1-2H3;1-6,8-9H;/q2*-1;+3. The van der Waals surface area contributed by atoms with E-state index >= 15 is 0 Å². The van der Waals surface area contributed by atoms with E-state index in [9.17, 15) is 0 Å². The average molecular weight is 660 g/mol. The van der Waals surface area contributed by atoms with E-state index in [-0.39, 0.29) is 20.1 Å². The molecule has 0 atom stereocenters. The summed E-state index contributed by atoms with van der Waals surface area (Å²) in [4.78, 5) is 4.22. The fraction of sp³-hybridized carbons (Fsp3) is 0.125. The quantitative estimate of drug-likeness (QED) is 0.152. The molecular weight excluding hydrogens is 635 g/mol. The normalized spacial score (nSPS) is 11.3. The first-order chi connectivity index (χ1) is 17.7. The van der Waals surface area contributed by atoms with Gasteiger partial charge in [-0.15, -0.1) is 70.9 Å². The number of nitrogens with zero attached hydrogens (tertiary/aromatic N) is 3. The van der Waals surface area contributed by atoms with Crippen LogP contribution in [0.15, 0.2) is 97.2 Å². The zero-order valence-corrected chi connectivity index (χ0v) is 23.0. The molecular formula is C32H25IrN3O+. The topological polar surface area (TPSA) is 30.9 Å². The van der Waals surface area contributed by atoms with Crippen molar-refractivity contribution in [2.45, 2.75) is 20.4 Å². The average Bonchev–Trinajstić information content (AvgIpc) is 3.28. The van der Waals surface area contributed by atoms with Crippen LogP contribution in [-0.4, -0.2) is 9.55 Å². The van der Waals surface area contributed by atoms with Gasteiger partial charge >= 0.3 is 20.1 Å². The molecule has 0 fully saturated rings. The van der Waals surface area contributed by atoms with E-state index in [2.05, 4.69) is 70.7 Å². The monoisotopic (exact) mass is 660 g/mol. The van der Waals surface area contributed by atoms with Crippen LogP contribution in [-0.2, 0) is 26.7 Å². The van der Waals surface area contributed by atoms with E-state index in [1.165, 1.54) is 0 Å². The van der Waals surface area contributed by atoms with Gasteiger partial charge in [0.15, 0.2) is 0 Å². The van der Waals surface area contributed by atoms with Crippen molar-refractivity contribution in [3.63, 3.8) is 0 Å². The van der Waals surface area contributed by atoms with Crippen LogP contribution in [0, 0.1) is 24.4 Å². The van der Waals surface area contributed by atoms with E-state index in [0.717, 1.165) is 56.8 Å². The first-order valence-corrected chi connectivity index (χ1v) is 12.2. The summed E-state index contributed by atoms with van der Waals surface area (Å²) < 4.78 is 10.5. The fourth-order valence-electron chi connectivity index (χ4n) is 4.50. The number of imidazole rings is 1. The van der Waals surface area contributed by atoms with Crippen LogP contribution in [0.3, 0.4) is 0 Å². The molecule has 0 amide bonds. The van der Waals surface area contributed by atoms with Crippen LogP contribution >= 0.6 is 0 Å². The largest absolute Gasteiger partial charge is 3.00 e. The second-order valence-electron chi connectivity index (χ2n) is 9.23. The maximum Gasteiger partial charge on any atom is 3.00 e. The Bertz CT molecular complexity index is 1620.